The van der Waals surface area contributed by atoms with Gasteiger partial charge in [-0.25, -0.2) is 0 Å². The Labute approximate surface area is 626 Å². The van der Waals surface area contributed by atoms with E-state index in [-0.39, 0.29) is 6.71 Å². The first-order valence-corrected chi connectivity index (χ1v) is 37.3. The summed E-state index contributed by atoms with van der Waals surface area (Å²) in [4.78, 5) is 2.66. The zero-order valence-electron chi connectivity index (χ0n) is 58.8. The van der Waals surface area contributed by atoms with E-state index in [0.29, 0.717) is 0 Å². The first kappa shape index (κ1) is 61.5. The van der Waals surface area contributed by atoms with Gasteiger partial charge in [0, 0.05) is 66.4 Å². The van der Waals surface area contributed by atoms with Gasteiger partial charge in [-0.3, -0.25) is 0 Å². The highest BCUT2D eigenvalue weighted by Crippen LogP contribution is 2.58. The first-order valence-electron chi connectivity index (χ1n) is 37.3. The van der Waals surface area contributed by atoms with Crippen LogP contribution >= 0.6 is 0 Å². The van der Waals surface area contributed by atoms with Crippen LogP contribution in [0, 0.1) is 0 Å². The summed E-state index contributed by atoms with van der Waals surface area (Å²) in [6.07, 6.45) is 0. The maximum absolute atomic E-state index is 7.39. The highest BCUT2D eigenvalue weighted by molar-refractivity contribution is 7.00. The van der Waals surface area contributed by atoms with Gasteiger partial charge in [-0.15, -0.1) is 0 Å². The molecule has 0 unspecified atom stereocenters. The molecule has 4 nitrogen and oxygen atoms in total. The van der Waals surface area contributed by atoms with Gasteiger partial charge in [0.15, 0.2) is 0 Å². The Kier molecular flexibility index (Phi) is 14.0. The van der Waals surface area contributed by atoms with E-state index in [2.05, 4.69) is 404 Å². The van der Waals surface area contributed by atoms with Gasteiger partial charge in [0.1, 0.15) is 22.7 Å². The Morgan fingerprint density at radius 1 is 0.259 bits per heavy atom. The molecule has 5 heterocycles. The molecule has 0 amide bonds. The van der Waals surface area contributed by atoms with Crippen molar-refractivity contribution >= 4 is 83.9 Å². The summed E-state index contributed by atoms with van der Waals surface area (Å²) in [5, 5.41) is 4.47. The lowest BCUT2D eigenvalue weighted by atomic mass is 9.33. The SMILES string of the molecule is c1ccc(-c2cccc(-c3ccc4c(c3)c3cc(-c5cccc(-c6ccccc6)c5)cc5c3n4-c3cc(-c4ccc6c(c4)Oc4ccccc4C6(c4ccccc4)c4ccccc4)cc4c3B5c3cc5oc6ccccc6c5cc3N4c3c(-c4ccccc4)cc(-c4ccccc4)cc3-c3ccccc3)c2)cc1. The largest absolute Gasteiger partial charge is 0.457 e. The van der Waals surface area contributed by atoms with Gasteiger partial charge in [0.2, 0.25) is 0 Å². The molecule has 0 atom stereocenters. The molecule has 2 aromatic heterocycles. The molecule has 5 heteroatoms. The quantitative estimate of drug-likeness (QED) is 0.121. The van der Waals surface area contributed by atoms with E-state index in [1.165, 1.54) is 60.6 Å². The van der Waals surface area contributed by atoms with Gasteiger partial charge in [0.05, 0.1) is 16.6 Å². The summed E-state index contributed by atoms with van der Waals surface area (Å²) in [7, 11) is 0. The zero-order valence-corrected chi connectivity index (χ0v) is 58.8. The van der Waals surface area contributed by atoms with Crippen LogP contribution in [0.2, 0.25) is 0 Å². The maximum atomic E-state index is 7.39. The molecule has 19 aromatic rings. The van der Waals surface area contributed by atoms with Crippen LogP contribution in [0.1, 0.15) is 22.3 Å². The molecule has 502 valence electrons. The minimum atomic E-state index is -0.709. The Bertz CT molecular complexity index is 6710. The maximum Gasteiger partial charge on any atom is 0.252 e. The van der Waals surface area contributed by atoms with Gasteiger partial charge >= 0.3 is 0 Å². The molecule has 3 aliphatic heterocycles. The molecule has 17 aromatic carbocycles. The van der Waals surface area contributed by atoms with Gasteiger partial charge < -0.3 is 18.6 Å². The van der Waals surface area contributed by atoms with Crippen LogP contribution in [0.4, 0.5) is 17.1 Å². The lowest BCUT2D eigenvalue weighted by Crippen LogP contribution is -2.60. The van der Waals surface area contributed by atoms with E-state index >= 15 is 0 Å². The third-order valence-corrected chi connectivity index (χ3v) is 23.0. The van der Waals surface area contributed by atoms with Crippen molar-refractivity contribution in [3.8, 4) is 106 Å². The van der Waals surface area contributed by atoms with E-state index < -0.39 is 5.41 Å². The minimum absolute atomic E-state index is 0.309. The highest BCUT2D eigenvalue weighted by atomic mass is 16.5. The van der Waals surface area contributed by atoms with Crippen LogP contribution < -0.4 is 26.0 Å². The number of ether oxygens (including phenoxy) is 1. The molecule has 0 bridgehead atoms. The number of furan rings is 1. The van der Waals surface area contributed by atoms with Gasteiger partial charge in [-0.05, 0) is 190 Å². The summed E-state index contributed by atoms with van der Waals surface area (Å²) in [6.45, 7) is -0.309. The third-order valence-electron chi connectivity index (χ3n) is 23.0. The Hall–Kier alpha value is -14.0. The van der Waals surface area contributed by atoms with Crippen molar-refractivity contribution in [3.05, 3.63) is 417 Å². The van der Waals surface area contributed by atoms with Gasteiger partial charge in [-0.1, -0.05) is 309 Å². The molecule has 0 radical (unpaired) electrons. The molecule has 0 spiro atoms. The molecule has 0 fully saturated rings. The molecular weight excluding hydrogens is 1310 g/mol. The molecule has 0 saturated heterocycles. The van der Waals surface area contributed by atoms with E-state index in [0.717, 1.165) is 145 Å². The van der Waals surface area contributed by atoms with Crippen molar-refractivity contribution in [1.82, 2.24) is 4.57 Å². The first-order chi connectivity index (χ1) is 53.5. The van der Waals surface area contributed by atoms with Crippen molar-refractivity contribution in [1.29, 1.82) is 0 Å². The minimum Gasteiger partial charge on any atom is -0.457 e. The van der Waals surface area contributed by atoms with Crippen LogP contribution in [-0.2, 0) is 5.41 Å². The van der Waals surface area contributed by atoms with Crippen molar-refractivity contribution in [3.63, 3.8) is 0 Å². The van der Waals surface area contributed by atoms with Crippen LogP contribution in [0.5, 0.6) is 11.5 Å². The number of hydrogen-bond donors (Lipinski definition) is 0. The fourth-order valence-electron chi connectivity index (χ4n) is 18.3. The highest BCUT2D eigenvalue weighted by Gasteiger charge is 2.47. The van der Waals surface area contributed by atoms with Crippen molar-refractivity contribution in [2.75, 3.05) is 4.90 Å². The lowest BCUT2D eigenvalue weighted by Gasteiger charge is -2.42. The van der Waals surface area contributed by atoms with Gasteiger partial charge in [-0.2, -0.15) is 0 Å². The molecule has 22 rings (SSSR count). The number of benzene rings is 17. The molecule has 3 aliphatic rings. The monoisotopic (exact) mass is 1370 g/mol. The molecule has 108 heavy (non-hydrogen) atoms. The Balaban J connectivity index is 0.888. The zero-order chi connectivity index (χ0) is 71.0. The van der Waals surface area contributed by atoms with Crippen molar-refractivity contribution in [2.24, 2.45) is 0 Å². The smallest absolute Gasteiger partial charge is 0.252 e. The van der Waals surface area contributed by atoms with Crippen LogP contribution in [-0.4, -0.2) is 11.3 Å². The van der Waals surface area contributed by atoms with Crippen LogP contribution in [0.25, 0.3) is 138 Å². The summed E-state index contributed by atoms with van der Waals surface area (Å²) in [5.74, 6) is 1.63. The van der Waals surface area contributed by atoms with Crippen LogP contribution in [0.3, 0.4) is 0 Å². The predicted molar refractivity (Wildman–Crippen MR) is 449 cm³/mol. The standard InChI is InChI=1S/C103H65BN2O2/c1-8-28-66(29-9-1)71-38-26-40-73(54-71)75-51-53-92-85(56-75)87-59-78(74-41-27-39-72(55-74)67-30-10-2-11-31-67)60-91-102(87)105(92)94-61-79(76-50-52-89-99(63-76)108-97-49-25-23-47-88(97)103(89,80-42-18-6-19-43-80)81-44-20-7-21-45-81)62-95-100(94)104(91)90-65-98-86(82-46-22-24-48-96(82)107-98)64-93(90)106(95)101-83(69-34-14-4-15-35-69)57-77(68-32-12-3-13-33-68)58-84(101)70-36-16-5-17-37-70/h1-65H. The van der Waals surface area contributed by atoms with E-state index in [4.69, 9.17) is 9.15 Å². The second-order valence-corrected chi connectivity index (χ2v) is 28.9. The predicted octanol–water partition coefficient (Wildman–Crippen LogP) is 25.1. The second kappa shape index (κ2) is 24.6. The molecule has 0 N–H and O–H groups in total. The molecular formula is C103H65BN2O2. The van der Waals surface area contributed by atoms with Crippen molar-refractivity contribution < 1.29 is 9.15 Å². The van der Waals surface area contributed by atoms with Crippen LogP contribution in [0.15, 0.2) is 399 Å². The fraction of sp³-hybridized carbons (Fsp3) is 0.00971. The fourth-order valence-corrected chi connectivity index (χ4v) is 18.3. The number of anilines is 3. The molecule has 0 saturated carbocycles. The summed E-state index contributed by atoms with van der Waals surface area (Å²) in [6, 6.07) is 146. The Morgan fingerprint density at radius 2 is 0.722 bits per heavy atom. The summed E-state index contributed by atoms with van der Waals surface area (Å²) >= 11 is 0. The van der Waals surface area contributed by atoms with E-state index in [1.807, 2.05) is 0 Å². The number of rotatable bonds is 11. The third kappa shape index (κ3) is 9.58. The average Bonchev–Trinajstić information content (AvgIpc) is 1.38. The number of hydrogen-bond acceptors (Lipinski definition) is 3. The topological polar surface area (TPSA) is 30.5 Å². The van der Waals surface area contributed by atoms with E-state index in [9.17, 15) is 0 Å². The number of fused-ring (bicyclic) bond motifs is 12. The number of aromatic nitrogens is 1. The summed E-state index contributed by atoms with van der Waals surface area (Å²) in [5.41, 5.74) is 33.8. The molecule has 0 aliphatic carbocycles. The lowest BCUT2D eigenvalue weighted by molar-refractivity contribution is 0.435. The Morgan fingerprint density at radius 3 is 1.35 bits per heavy atom. The number of nitrogens with zero attached hydrogens (tertiary/aromatic N) is 2. The van der Waals surface area contributed by atoms with Crippen molar-refractivity contribution in [2.45, 2.75) is 5.41 Å². The summed E-state index contributed by atoms with van der Waals surface area (Å²) < 4.78 is 17.2. The second-order valence-electron chi connectivity index (χ2n) is 28.9. The normalized spacial score (nSPS) is 12.9. The number of para-hydroxylation sites is 2. The average molecular weight is 1370 g/mol. The van der Waals surface area contributed by atoms with E-state index in [1.54, 1.807) is 0 Å². The van der Waals surface area contributed by atoms with Gasteiger partial charge in [0.25, 0.3) is 6.71 Å².